The summed E-state index contributed by atoms with van der Waals surface area (Å²) < 4.78 is 67.5. The van der Waals surface area contributed by atoms with E-state index in [-0.39, 0.29) is 28.6 Å². The Morgan fingerprint density at radius 2 is 1.97 bits per heavy atom. The highest BCUT2D eigenvalue weighted by molar-refractivity contribution is 7.92. The van der Waals surface area contributed by atoms with Gasteiger partial charge in [0.15, 0.2) is 16.4 Å². The lowest BCUT2D eigenvalue weighted by molar-refractivity contribution is -0.153. The van der Waals surface area contributed by atoms with Crippen LogP contribution in [0.1, 0.15) is 26.2 Å². The van der Waals surface area contributed by atoms with Crippen molar-refractivity contribution < 1.29 is 41.0 Å². The molecule has 2 atom stereocenters. The number of benzene rings is 1. The van der Waals surface area contributed by atoms with Crippen molar-refractivity contribution in [3.05, 3.63) is 23.2 Å². The van der Waals surface area contributed by atoms with E-state index in [0.717, 1.165) is 23.1 Å². The highest BCUT2D eigenvalue weighted by Crippen LogP contribution is 2.48. The van der Waals surface area contributed by atoms with Gasteiger partial charge in [-0.15, -0.1) is 0 Å². The number of likely N-dealkylation sites (tertiary alicyclic amines) is 1. The molecule has 30 heavy (non-hydrogen) atoms. The van der Waals surface area contributed by atoms with Crippen LogP contribution in [0, 0.1) is 5.41 Å². The highest BCUT2D eigenvalue weighted by Gasteiger charge is 2.53. The van der Waals surface area contributed by atoms with Crippen molar-refractivity contribution in [1.82, 2.24) is 4.90 Å². The van der Waals surface area contributed by atoms with Crippen LogP contribution in [0.3, 0.4) is 0 Å². The summed E-state index contributed by atoms with van der Waals surface area (Å²) in [5.74, 6) is -1.95. The molecule has 2 aliphatic rings. The van der Waals surface area contributed by atoms with Gasteiger partial charge < -0.3 is 14.7 Å². The van der Waals surface area contributed by atoms with E-state index in [0.29, 0.717) is 12.8 Å². The average molecular weight is 470 g/mol. The Balaban J connectivity index is 1.83. The van der Waals surface area contributed by atoms with Crippen molar-refractivity contribution in [2.24, 2.45) is 5.41 Å². The van der Waals surface area contributed by atoms with Gasteiger partial charge in [-0.1, -0.05) is 18.5 Å². The Hall–Kier alpha value is -2.01. The van der Waals surface area contributed by atoms with Crippen LogP contribution in [0.2, 0.25) is 5.02 Å². The lowest BCUT2D eigenvalue weighted by Crippen LogP contribution is -2.44. The minimum atomic E-state index is -4.57. The zero-order chi connectivity index (χ0) is 22.5. The fraction of sp³-hybridized carbons (Fsp3) is 0.556. The minimum absolute atomic E-state index is 0.260. The van der Waals surface area contributed by atoms with E-state index in [9.17, 15) is 36.3 Å². The van der Waals surface area contributed by atoms with Gasteiger partial charge >= 0.3 is 12.1 Å². The van der Waals surface area contributed by atoms with Crippen LogP contribution < -0.4 is 4.74 Å². The van der Waals surface area contributed by atoms with Gasteiger partial charge in [0, 0.05) is 18.0 Å². The van der Waals surface area contributed by atoms with Gasteiger partial charge in [-0.25, -0.2) is 13.2 Å². The number of carboxylic acids is 1. The second-order valence-corrected chi connectivity index (χ2v) is 10.4. The summed E-state index contributed by atoms with van der Waals surface area (Å²) in [5.41, 5.74) is -0.665. The molecule has 1 aliphatic heterocycles. The molecule has 1 amide bonds. The molecule has 0 bridgehead atoms. The summed E-state index contributed by atoms with van der Waals surface area (Å²) in [6.07, 6.45) is -3.65. The normalized spacial score (nSPS) is 23.3. The van der Waals surface area contributed by atoms with Crippen molar-refractivity contribution in [3.8, 4) is 5.75 Å². The van der Waals surface area contributed by atoms with Crippen LogP contribution in [0.25, 0.3) is 0 Å². The molecule has 1 heterocycles. The first kappa shape index (κ1) is 22.7. The number of hydrogen-bond donors (Lipinski definition) is 1. The maximum absolute atomic E-state index is 13.0. The van der Waals surface area contributed by atoms with Crippen LogP contribution >= 0.6 is 11.6 Å². The van der Waals surface area contributed by atoms with Crippen LogP contribution in [0.15, 0.2) is 23.1 Å². The third-order valence-electron chi connectivity index (χ3n) is 5.38. The van der Waals surface area contributed by atoms with Crippen LogP contribution in [0.5, 0.6) is 5.75 Å². The van der Waals surface area contributed by atoms with Crippen molar-refractivity contribution in [1.29, 1.82) is 0 Å². The number of ether oxygens (including phenoxy) is 1. The van der Waals surface area contributed by atoms with Gasteiger partial charge in [0.05, 0.1) is 15.2 Å². The number of halogens is 4. The number of amides is 1. The molecule has 0 aromatic heterocycles. The number of rotatable bonds is 6. The first-order valence-electron chi connectivity index (χ1n) is 9.01. The molecule has 3 rings (SSSR count). The Kier molecular flexibility index (Phi) is 5.74. The fourth-order valence-corrected chi connectivity index (χ4v) is 5.61. The number of carboxylic acid groups (broad SMARTS) is 1. The molecular formula is C18H19ClF3NO6S. The van der Waals surface area contributed by atoms with Crippen molar-refractivity contribution >= 4 is 33.3 Å². The van der Waals surface area contributed by atoms with E-state index >= 15 is 0 Å². The number of hydrogen-bond acceptors (Lipinski definition) is 5. The predicted octanol–water partition coefficient (Wildman–Crippen LogP) is 2.91. The molecule has 1 aromatic rings. The van der Waals surface area contributed by atoms with Crippen LogP contribution in [-0.4, -0.2) is 60.9 Å². The second-order valence-electron chi connectivity index (χ2n) is 7.77. The third-order valence-corrected chi connectivity index (χ3v) is 7.99. The van der Waals surface area contributed by atoms with Crippen LogP contribution in [0.4, 0.5) is 13.2 Å². The van der Waals surface area contributed by atoms with Crippen molar-refractivity contribution in [2.45, 2.75) is 48.5 Å². The maximum Gasteiger partial charge on any atom is 0.422 e. The molecule has 1 N–H and O–H groups in total. The SMILES string of the molecule is CC1(C(=O)N2C[C@H](S(=O)(=O)c3ccc(OCC(F)(F)F)cc3Cl)C[C@H]2C(=O)O)CC1. The monoisotopic (exact) mass is 469 g/mol. The van der Waals surface area contributed by atoms with Gasteiger partial charge in [-0.3, -0.25) is 4.79 Å². The third kappa shape index (κ3) is 4.51. The molecule has 2 fully saturated rings. The second kappa shape index (κ2) is 7.60. The summed E-state index contributed by atoms with van der Waals surface area (Å²) in [5, 5.41) is 7.91. The van der Waals surface area contributed by atoms with Gasteiger partial charge in [-0.05, 0) is 31.4 Å². The van der Waals surface area contributed by atoms with Gasteiger partial charge in [0.1, 0.15) is 11.8 Å². The molecule has 0 radical (unpaired) electrons. The summed E-state index contributed by atoms with van der Waals surface area (Å²) >= 11 is 5.99. The smallest absolute Gasteiger partial charge is 0.422 e. The van der Waals surface area contributed by atoms with E-state index in [1.165, 1.54) is 0 Å². The Morgan fingerprint density at radius 1 is 1.33 bits per heavy atom. The van der Waals surface area contributed by atoms with E-state index in [4.69, 9.17) is 11.6 Å². The Labute approximate surface area is 175 Å². The predicted molar refractivity (Wildman–Crippen MR) is 99.1 cm³/mol. The molecule has 1 aromatic carbocycles. The quantitative estimate of drug-likeness (QED) is 0.687. The zero-order valence-corrected chi connectivity index (χ0v) is 17.4. The fourth-order valence-electron chi connectivity index (χ4n) is 3.38. The van der Waals surface area contributed by atoms with Gasteiger partial charge in [-0.2, -0.15) is 13.2 Å². The zero-order valence-electron chi connectivity index (χ0n) is 15.8. The first-order chi connectivity index (χ1) is 13.7. The van der Waals surface area contributed by atoms with E-state index in [1.807, 2.05) is 0 Å². The lowest BCUT2D eigenvalue weighted by atomic mass is 10.1. The molecule has 1 aliphatic carbocycles. The largest absolute Gasteiger partial charge is 0.484 e. The summed E-state index contributed by atoms with van der Waals surface area (Å²) in [6.45, 7) is -0.156. The molecule has 0 spiro atoms. The Bertz CT molecular complexity index is 977. The van der Waals surface area contributed by atoms with E-state index < -0.39 is 51.2 Å². The van der Waals surface area contributed by atoms with Gasteiger partial charge in [0.25, 0.3) is 0 Å². The summed E-state index contributed by atoms with van der Waals surface area (Å²) in [6, 6.07) is 1.74. The molecule has 1 saturated carbocycles. The number of carbonyl (C=O) groups is 2. The number of aliphatic carboxylic acids is 1. The molecule has 12 heteroatoms. The van der Waals surface area contributed by atoms with E-state index in [1.54, 1.807) is 6.92 Å². The number of alkyl halides is 3. The number of nitrogens with zero attached hydrogens (tertiary/aromatic N) is 1. The topological polar surface area (TPSA) is 101 Å². The Morgan fingerprint density at radius 3 is 2.47 bits per heavy atom. The summed E-state index contributed by atoms with van der Waals surface area (Å²) in [7, 11) is -4.15. The van der Waals surface area contributed by atoms with Crippen molar-refractivity contribution in [3.63, 3.8) is 0 Å². The highest BCUT2D eigenvalue weighted by atomic mass is 35.5. The lowest BCUT2D eigenvalue weighted by Gasteiger charge is -2.24. The van der Waals surface area contributed by atoms with Crippen molar-refractivity contribution in [2.75, 3.05) is 13.2 Å². The van der Waals surface area contributed by atoms with Gasteiger partial charge in [0.2, 0.25) is 5.91 Å². The first-order valence-corrected chi connectivity index (χ1v) is 10.9. The molecular weight excluding hydrogens is 451 g/mol. The molecule has 166 valence electrons. The minimum Gasteiger partial charge on any atom is -0.484 e. The standard InChI is InChI=1S/C18H19ClF3NO6S/c1-17(4-5-17)16(26)23-8-11(7-13(23)15(24)25)30(27,28)14-3-2-10(6-12(14)19)29-9-18(20,21)22/h2-3,6,11,13H,4-5,7-9H2,1H3,(H,24,25)/t11-,13+/m1/s1. The molecule has 0 unspecified atom stereocenters. The van der Waals surface area contributed by atoms with E-state index in [2.05, 4.69) is 4.74 Å². The summed E-state index contributed by atoms with van der Waals surface area (Å²) in [4.78, 5) is 25.0. The van der Waals surface area contributed by atoms with Crippen LogP contribution in [-0.2, 0) is 19.4 Å². The number of sulfone groups is 1. The maximum atomic E-state index is 13.0. The molecule has 7 nitrogen and oxygen atoms in total. The number of carbonyl (C=O) groups excluding carboxylic acids is 1. The average Bonchev–Trinajstić information content (AvgIpc) is 3.21. The molecule has 1 saturated heterocycles.